The Kier molecular flexibility index (Phi) is 6.75. The third kappa shape index (κ3) is 5.28. The Labute approximate surface area is 172 Å². The Hall–Kier alpha value is -3.02. The highest BCUT2D eigenvalue weighted by molar-refractivity contribution is 5.88. The summed E-state index contributed by atoms with van der Waals surface area (Å²) in [6.07, 6.45) is 1.90. The van der Waals surface area contributed by atoms with Crippen LogP contribution in [0.1, 0.15) is 43.9 Å². The molecule has 1 saturated carbocycles. The summed E-state index contributed by atoms with van der Waals surface area (Å²) in [5, 5.41) is 12.7. The van der Waals surface area contributed by atoms with Crippen molar-refractivity contribution in [2.24, 2.45) is 0 Å². The first kappa shape index (κ1) is 20.7. The van der Waals surface area contributed by atoms with Crippen molar-refractivity contribution in [3.8, 4) is 5.75 Å². The van der Waals surface area contributed by atoms with E-state index in [1.165, 1.54) is 0 Å². The highest BCUT2D eigenvalue weighted by Gasteiger charge is 2.35. The van der Waals surface area contributed by atoms with Crippen LogP contribution in [-0.2, 0) is 11.3 Å². The number of likely N-dealkylation sites (N-methyl/N-ethyl adjacent to an activating group) is 1. The number of nitrogens with one attached hydrogen (secondary N) is 1. The van der Waals surface area contributed by atoms with Crippen molar-refractivity contribution in [3.63, 3.8) is 0 Å². The number of hydrogen-bond donors (Lipinski definition) is 2. The molecule has 1 aliphatic rings. The number of rotatable bonds is 8. The second-order valence-electron chi connectivity index (χ2n) is 7.33. The van der Waals surface area contributed by atoms with Gasteiger partial charge < -0.3 is 20.2 Å². The highest BCUT2D eigenvalue weighted by Crippen LogP contribution is 2.29. The van der Waals surface area contributed by atoms with Crippen LogP contribution in [0.5, 0.6) is 5.75 Å². The topological polar surface area (TPSA) is 72.9 Å². The van der Waals surface area contributed by atoms with Gasteiger partial charge in [0.1, 0.15) is 11.8 Å². The van der Waals surface area contributed by atoms with Crippen LogP contribution < -0.4 is 5.32 Å². The van der Waals surface area contributed by atoms with E-state index in [2.05, 4.69) is 5.32 Å². The van der Waals surface area contributed by atoms with E-state index in [4.69, 9.17) is 0 Å². The molecule has 2 N–H and O–H groups in total. The van der Waals surface area contributed by atoms with E-state index < -0.39 is 6.04 Å². The molecule has 1 aliphatic carbocycles. The maximum absolute atomic E-state index is 13.2. The molecule has 1 unspecified atom stereocenters. The molecule has 0 spiro atoms. The summed E-state index contributed by atoms with van der Waals surface area (Å²) in [5.41, 5.74) is 1.63. The lowest BCUT2D eigenvalue weighted by Gasteiger charge is -2.29. The molecule has 6 heteroatoms. The zero-order chi connectivity index (χ0) is 20.8. The molecule has 2 aromatic rings. The fraction of sp³-hybridized carbons (Fsp3) is 0.391. The SMILES string of the molecule is CCN(CC)C(=O)C(NC(=O)N(Cc1cccc(O)c1)C1CC1)c1ccccc1. The summed E-state index contributed by atoms with van der Waals surface area (Å²) in [7, 11) is 0. The molecule has 2 aromatic carbocycles. The summed E-state index contributed by atoms with van der Waals surface area (Å²) in [6, 6.07) is 15.5. The van der Waals surface area contributed by atoms with Gasteiger partial charge in [-0.3, -0.25) is 4.79 Å². The van der Waals surface area contributed by atoms with Crippen LogP contribution in [0.25, 0.3) is 0 Å². The number of nitrogens with zero attached hydrogens (tertiary/aromatic N) is 2. The number of phenols is 1. The molecule has 3 amide bonds. The number of phenolic OH excluding ortho intramolecular Hbond substituents is 1. The second kappa shape index (κ2) is 9.45. The molecular weight excluding hydrogens is 366 g/mol. The van der Waals surface area contributed by atoms with Crippen molar-refractivity contribution in [2.45, 2.75) is 45.3 Å². The molecule has 0 saturated heterocycles. The van der Waals surface area contributed by atoms with E-state index in [0.29, 0.717) is 19.6 Å². The second-order valence-corrected chi connectivity index (χ2v) is 7.33. The van der Waals surface area contributed by atoms with Crippen LogP contribution in [0.3, 0.4) is 0 Å². The van der Waals surface area contributed by atoms with E-state index >= 15 is 0 Å². The Morgan fingerprint density at radius 1 is 1.07 bits per heavy atom. The van der Waals surface area contributed by atoms with Crippen molar-refractivity contribution in [2.75, 3.05) is 13.1 Å². The van der Waals surface area contributed by atoms with Gasteiger partial charge in [-0.1, -0.05) is 42.5 Å². The summed E-state index contributed by atoms with van der Waals surface area (Å²) >= 11 is 0. The van der Waals surface area contributed by atoms with Gasteiger partial charge >= 0.3 is 6.03 Å². The van der Waals surface area contributed by atoms with E-state index in [1.807, 2.05) is 50.2 Å². The molecule has 29 heavy (non-hydrogen) atoms. The first-order valence-corrected chi connectivity index (χ1v) is 10.2. The Morgan fingerprint density at radius 2 is 1.76 bits per heavy atom. The first-order chi connectivity index (χ1) is 14.0. The highest BCUT2D eigenvalue weighted by atomic mass is 16.3. The van der Waals surface area contributed by atoms with Crippen LogP contribution in [0.2, 0.25) is 0 Å². The van der Waals surface area contributed by atoms with E-state index in [1.54, 1.807) is 28.0 Å². The minimum atomic E-state index is -0.728. The molecule has 0 radical (unpaired) electrons. The quantitative estimate of drug-likeness (QED) is 0.716. The Morgan fingerprint density at radius 3 is 2.34 bits per heavy atom. The molecule has 1 fully saturated rings. The molecule has 1 atom stereocenters. The van der Waals surface area contributed by atoms with Crippen LogP contribution in [-0.4, -0.2) is 46.0 Å². The minimum Gasteiger partial charge on any atom is -0.508 e. The Balaban J connectivity index is 1.81. The van der Waals surface area contributed by atoms with Gasteiger partial charge in [0.05, 0.1) is 0 Å². The van der Waals surface area contributed by atoms with E-state index in [9.17, 15) is 14.7 Å². The van der Waals surface area contributed by atoms with Gasteiger partial charge in [0.15, 0.2) is 0 Å². The Bertz CT molecular complexity index is 832. The summed E-state index contributed by atoms with van der Waals surface area (Å²) in [6.45, 7) is 5.44. The number of hydrogen-bond acceptors (Lipinski definition) is 3. The zero-order valence-corrected chi connectivity index (χ0v) is 17.0. The molecule has 0 aliphatic heterocycles. The standard InChI is InChI=1S/C23H29N3O3/c1-3-25(4-2)22(28)21(18-10-6-5-7-11-18)24-23(29)26(19-13-14-19)16-17-9-8-12-20(27)15-17/h5-12,15,19,21,27H,3-4,13-14,16H2,1-2H3,(H,24,29). The van der Waals surface area contributed by atoms with E-state index in [0.717, 1.165) is 24.0 Å². The maximum atomic E-state index is 13.2. The number of aromatic hydroxyl groups is 1. The number of benzene rings is 2. The smallest absolute Gasteiger partial charge is 0.318 e. The van der Waals surface area contributed by atoms with Crippen LogP contribution in [0.4, 0.5) is 4.79 Å². The fourth-order valence-corrected chi connectivity index (χ4v) is 3.46. The van der Waals surface area contributed by atoms with Crippen molar-refractivity contribution in [3.05, 3.63) is 65.7 Å². The van der Waals surface area contributed by atoms with Gasteiger partial charge in [-0.15, -0.1) is 0 Å². The molecular formula is C23H29N3O3. The number of urea groups is 1. The number of carbonyl (C=O) groups is 2. The van der Waals surface area contributed by atoms with Crippen molar-refractivity contribution >= 4 is 11.9 Å². The fourth-order valence-electron chi connectivity index (χ4n) is 3.46. The monoisotopic (exact) mass is 395 g/mol. The summed E-state index contributed by atoms with van der Waals surface area (Å²) < 4.78 is 0. The van der Waals surface area contributed by atoms with Crippen LogP contribution in [0.15, 0.2) is 54.6 Å². The van der Waals surface area contributed by atoms with Crippen molar-refractivity contribution in [1.82, 2.24) is 15.1 Å². The molecule has 0 bridgehead atoms. The lowest BCUT2D eigenvalue weighted by Crippen LogP contribution is -2.48. The molecule has 154 valence electrons. The lowest BCUT2D eigenvalue weighted by atomic mass is 10.1. The average molecular weight is 396 g/mol. The average Bonchev–Trinajstić information content (AvgIpc) is 3.56. The third-order valence-corrected chi connectivity index (χ3v) is 5.23. The minimum absolute atomic E-state index is 0.109. The third-order valence-electron chi connectivity index (χ3n) is 5.23. The predicted octanol–water partition coefficient (Wildman–Crippen LogP) is 3.68. The van der Waals surface area contributed by atoms with Gasteiger partial charge in [0.25, 0.3) is 0 Å². The van der Waals surface area contributed by atoms with Gasteiger partial charge in [-0.25, -0.2) is 4.79 Å². The van der Waals surface area contributed by atoms with E-state index in [-0.39, 0.29) is 23.7 Å². The molecule has 0 aromatic heterocycles. The maximum Gasteiger partial charge on any atom is 0.318 e. The van der Waals surface area contributed by atoms with Crippen LogP contribution in [0, 0.1) is 0 Å². The predicted molar refractivity (Wildman–Crippen MR) is 112 cm³/mol. The van der Waals surface area contributed by atoms with Gasteiger partial charge in [0.2, 0.25) is 5.91 Å². The number of carbonyl (C=O) groups excluding carboxylic acids is 2. The first-order valence-electron chi connectivity index (χ1n) is 10.2. The van der Waals surface area contributed by atoms with Gasteiger partial charge in [0, 0.05) is 25.7 Å². The van der Waals surface area contributed by atoms with Crippen molar-refractivity contribution in [1.29, 1.82) is 0 Å². The van der Waals surface area contributed by atoms with Crippen LogP contribution >= 0.6 is 0 Å². The molecule has 0 heterocycles. The summed E-state index contributed by atoms with van der Waals surface area (Å²) in [4.78, 5) is 29.8. The normalized spacial score (nSPS) is 14.1. The summed E-state index contributed by atoms with van der Waals surface area (Å²) in [5.74, 6) is 0.0696. The largest absolute Gasteiger partial charge is 0.508 e. The zero-order valence-electron chi connectivity index (χ0n) is 17.0. The lowest BCUT2D eigenvalue weighted by molar-refractivity contribution is -0.133. The molecule has 6 nitrogen and oxygen atoms in total. The van der Waals surface area contributed by atoms with Gasteiger partial charge in [-0.2, -0.15) is 0 Å². The van der Waals surface area contributed by atoms with Crippen molar-refractivity contribution < 1.29 is 14.7 Å². The number of amides is 3. The van der Waals surface area contributed by atoms with Gasteiger partial charge in [-0.05, 0) is 49.9 Å². The molecule has 3 rings (SSSR count).